The lowest BCUT2D eigenvalue weighted by Crippen LogP contribution is -2.91. The molecule has 0 amide bonds. The molecule has 6 aromatic rings. The van der Waals surface area contributed by atoms with Crippen LogP contribution in [0.1, 0.15) is 5.56 Å². The summed E-state index contributed by atoms with van der Waals surface area (Å²) in [5.41, 5.74) is 1.41. The van der Waals surface area contributed by atoms with Crippen molar-refractivity contribution in [2.75, 3.05) is 0 Å². The summed E-state index contributed by atoms with van der Waals surface area (Å²) in [6, 6.07) is 65.2. The summed E-state index contributed by atoms with van der Waals surface area (Å²) in [6.45, 7) is 0. The molecule has 186 valence electrons. The number of hydrogen-bond acceptors (Lipinski definition) is 0. The van der Waals surface area contributed by atoms with Crippen molar-refractivity contribution in [1.82, 2.24) is 0 Å². The van der Waals surface area contributed by atoms with Gasteiger partial charge in [-0.25, -0.2) is 0 Å². The zero-order valence-corrected chi connectivity index (χ0v) is 23.9. The van der Waals surface area contributed by atoms with Crippen molar-refractivity contribution >= 4 is 52.5 Å². The Morgan fingerprint density at radius 3 is 1.08 bits per heavy atom. The molecule has 0 atom stereocenters. The maximum Gasteiger partial charge on any atom is 0.179 e. The zero-order valence-electron chi connectivity index (χ0n) is 21.9. The topological polar surface area (TPSA) is 0 Å². The van der Waals surface area contributed by atoms with E-state index in [1.165, 1.54) is 21.1 Å². The molecule has 0 bridgehead atoms. The Balaban J connectivity index is 1.67. The van der Waals surface area contributed by atoms with Crippen molar-refractivity contribution in [3.8, 4) is 0 Å². The molecule has 0 N–H and O–H groups in total. The molecule has 0 radical (unpaired) electrons. The van der Waals surface area contributed by atoms with E-state index in [1.54, 1.807) is 20.7 Å². The molecule has 39 heavy (non-hydrogen) atoms. The minimum atomic E-state index is -2.58. The monoisotopic (exact) mass is 530 g/mol. The first kappa shape index (κ1) is 23.8. The molecular weight excluding hydrogens is 501 g/mol. The fourth-order valence-electron chi connectivity index (χ4n) is 7.05. The molecule has 0 saturated heterocycles. The fraction of sp³-hybridized carbons (Fsp3) is 0.0270. The van der Waals surface area contributed by atoms with Crippen LogP contribution in [0.3, 0.4) is 0 Å². The van der Waals surface area contributed by atoms with Gasteiger partial charge in [-0.15, -0.1) is 0 Å². The van der Waals surface area contributed by atoms with Crippen molar-refractivity contribution in [3.05, 3.63) is 175 Å². The Kier molecular flexibility index (Phi) is 6.00. The molecule has 7 rings (SSSR count). The minimum absolute atomic E-state index is 1.04. The van der Waals surface area contributed by atoms with E-state index in [0.717, 1.165) is 6.04 Å². The van der Waals surface area contributed by atoms with Gasteiger partial charge in [-0.2, -0.15) is 0 Å². The van der Waals surface area contributed by atoms with Crippen LogP contribution in [0.5, 0.6) is 0 Å². The van der Waals surface area contributed by atoms with E-state index in [9.17, 15) is 0 Å². The summed E-state index contributed by atoms with van der Waals surface area (Å²) in [7, 11) is -5.04. The molecule has 2 heteroatoms. The fourth-order valence-corrected chi connectivity index (χ4v) is 19.3. The molecule has 0 saturated carbocycles. The van der Waals surface area contributed by atoms with Gasteiger partial charge in [0.05, 0.1) is 0 Å². The first-order valence-corrected chi connectivity index (χ1v) is 18.0. The lowest BCUT2D eigenvalue weighted by Gasteiger charge is -2.48. The van der Waals surface area contributed by atoms with Crippen LogP contribution < -0.4 is 36.3 Å². The molecule has 0 unspecified atom stereocenters. The summed E-state index contributed by atoms with van der Waals surface area (Å²) in [4.78, 5) is 0. The SMILES string of the molecule is c1ccc(C[Si]2(c3ccccc3)c3ccccc3[Si](c3ccccc3)(c3ccccc3)c3ccccc32)cc1. The first-order chi connectivity index (χ1) is 19.3. The number of hydrogen-bond donors (Lipinski definition) is 0. The van der Waals surface area contributed by atoms with Gasteiger partial charge in [-0.05, 0) is 47.9 Å². The van der Waals surface area contributed by atoms with Gasteiger partial charge < -0.3 is 0 Å². The van der Waals surface area contributed by atoms with Crippen molar-refractivity contribution in [1.29, 1.82) is 0 Å². The highest BCUT2D eigenvalue weighted by Gasteiger charge is 2.55. The third-order valence-corrected chi connectivity index (χ3v) is 18.9. The molecule has 0 aliphatic carbocycles. The molecular formula is C37H30Si2. The summed E-state index contributed by atoms with van der Waals surface area (Å²) in [6.07, 6.45) is 0. The van der Waals surface area contributed by atoms with Crippen LogP contribution >= 0.6 is 0 Å². The Labute approximate surface area is 233 Å². The molecule has 0 nitrogen and oxygen atoms in total. The van der Waals surface area contributed by atoms with E-state index in [0.29, 0.717) is 0 Å². The molecule has 1 heterocycles. The van der Waals surface area contributed by atoms with E-state index in [-0.39, 0.29) is 0 Å². The number of fused-ring (bicyclic) bond motifs is 2. The van der Waals surface area contributed by atoms with Gasteiger partial charge in [0.2, 0.25) is 0 Å². The van der Waals surface area contributed by atoms with Crippen LogP contribution in [0.25, 0.3) is 0 Å². The average Bonchev–Trinajstić information content (AvgIpc) is 3.03. The van der Waals surface area contributed by atoms with Crippen molar-refractivity contribution in [2.45, 2.75) is 6.04 Å². The second kappa shape index (κ2) is 9.81. The normalized spacial score (nSPS) is 14.7. The highest BCUT2D eigenvalue weighted by atomic mass is 28.3. The predicted molar refractivity (Wildman–Crippen MR) is 171 cm³/mol. The Bertz CT molecular complexity index is 1620. The minimum Gasteiger partial charge on any atom is -0.0624 e. The van der Waals surface area contributed by atoms with E-state index in [2.05, 4.69) is 170 Å². The van der Waals surface area contributed by atoms with Crippen LogP contribution in [0.15, 0.2) is 170 Å². The van der Waals surface area contributed by atoms with E-state index in [4.69, 9.17) is 0 Å². The smallest absolute Gasteiger partial charge is 0.0624 e. The average molecular weight is 531 g/mol. The zero-order chi connectivity index (χ0) is 26.1. The summed E-state index contributed by atoms with van der Waals surface area (Å²) >= 11 is 0. The van der Waals surface area contributed by atoms with Crippen molar-refractivity contribution < 1.29 is 0 Å². The van der Waals surface area contributed by atoms with Gasteiger partial charge in [0.1, 0.15) is 0 Å². The molecule has 0 spiro atoms. The Morgan fingerprint density at radius 1 is 0.308 bits per heavy atom. The predicted octanol–water partition coefficient (Wildman–Crippen LogP) is 3.63. The second-order valence-corrected chi connectivity index (χ2v) is 18.1. The van der Waals surface area contributed by atoms with E-state index < -0.39 is 16.1 Å². The van der Waals surface area contributed by atoms with E-state index in [1.807, 2.05) is 0 Å². The molecule has 1 aliphatic heterocycles. The highest BCUT2D eigenvalue weighted by Crippen LogP contribution is 2.20. The highest BCUT2D eigenvalue weighted by molar-refractivity contribution is 7.29. The van der Waals surface area contributed by atoms with Crippen LogP contribution in [0.2, 0.25) is 0 Å². The second-order valence-electron chi connectivity index (χ2n) is 10.5. The molecule has 6 aromatic carbocycles. The molecule has 0 fully saturated rings. The number of benzene rings is 6. The standard InChI is InChI=1S/C37H30Si2/c1-5-17-30(18-6-1)29-38(31-19-7-2-8-20-31)34-25-13-15-27-36(34)39(32-21-9-3-10-22-32,33-23-11-4-12-24-33)37-28-16-14-26-35(37)38/h1-28H,29H2. The van der Waals surface area contributed by atoms with Gasteiger partial charge in [0, 0.05) is 0 Å². The van der Waals surface area contributed by atoms with Crippen molar-refractivity contribution in [2.24, 2.45) is 0 Å². The molecule has 0 aromatic heterocycles. The third-order valence-electron chi connectivity index (χ3n) is 8.57. The summed E-state index contributed by atoms with van der Waals surface area (Å²) < 4.78 is 0. The summed E-state index contributed by atoms with van der Waals surface area (Å²) in [5.74, 6) is 0. The molecule has 1 aliphatic rings. The lowest BCUT2D eigenvalue weighted by atomic mass is 10.2. The Hall–Kier alpha value is -4.25. The quantitative estimate of drug-likeness (QED) is 0.299. The van der Waals surface area contributed by atoms with Crippen LogP contribution in [0.4, 0.5) is 0 Å². The number of rotatable bonds is 5. The summed E-state index contributed by atoms with van der Waals surface area (Å²) in [5, 5.41) is 10.6. The van der Waals surface area contributed by atoms with Gasteiger partial charge in [-0.3, -0.25) is 0 Å². The van der Waals surface area contributed by atoms with Crippen LogP contribution in [0, 0.1) is 0 Å². The van der Waals surface area contributed by atoms with Crippen LogP contribution in [-0.2, 0) is 6.04 Å². The van der Waals surface area contributed by atoms with Crippen LogP contribution in [-0.4, -0.2) is 16.1 Å². The van der Waals surface area contributed by atoms with Gasteiger partial charge in [0.25, 0.3) is 0 Å². The van der Waals surface area contributed by atoms with Gasteiger partial charge >= 0.3 is 0 Å². The largest absolute Gasteiger partial charge is 0.179 e. The van der Waals surface area contributed by atoms with Gasteiger partial charge in [0.15, 0.2) is 16.1 Å². The van der Waals surface area contributed by atoms with E-state index >= 15 is 0 Å². The maximum absolute atomic E-state index is 2.58. The van der Waals surface area contributed by atoms with Crippen molar-refractivity contribution in [3.63, 3.8) is 0 Å². The first-order valence-electron chi connectivity index (χ1n) is 13.8. The van der Waals surface area contributed by atoms with Gasteiger partial charge in [-0.1, -0.05) is 170 Å². The third kappa shape index (κ3) is 3.64. The Morgan fingerprint density at radius 2 is 0.641 bits per heavy atom. The maximum atomic E-state index is 2.47. The lowest BCUT2D eigenvalue weighted by molar-refractivity contribution is 1.35.